The van der Waals surface area contributed by atoms with E-state index in [0.29, 0.717) is 30.4 Å². The Morgan fingerprint density at radius 2 is 2.33 bits per heavy atom. The number of nitrogens with zero attached hydrogens (tertiary/aromatic N) is 2. The summed E-state index contributed by atoms with van der Waals surface area (Å²) in [6, 6.07) is 8.80. The van der Waals surface area contributed by atoms with Crippen molar-refractivity contribution >= 4 is 6.03 Å². The summed E-state index contributed by atoms with van der Waals surface area (Å²) in [4.78, 5) is 16.4. The van der Waals surface area contributed by atoms with Gasteiger partial charge in [-0.15, -0.1) is 5.10 Å². The van der Waals surface area contributed by atoms with E-state index in [2.05, 4.69) is 25.8 Å². The van der Waals surface area contributed by atoms with E-state index in [1.165, 1.54) is 0 Å². The SMILES string of the molecule is COc1ccc2c(c1)OCC(NC(=O)NCc1nc(-c3ccco3)n[nH]1)C2. The van der Waals surface area contributed by atoms with Crippen molar-refractivity contribution in [3.05, 3.63) is 48.0 Å². The van der Waals surface area contributed by atoms with Crippen LogP contribution in [0.5, 0.6) is 11.5 Å². The molecule has 1 aliphatic heterocycles. The molecule has 1 atom stereocenters. The zero-order chi connectivity index (χ0) is 18.6. The summed E-state index contributed by atoms with van der Waals surface area (Å²) in [5.74, 6) is 3.09. The number of benzene rings is 1. The first-order valence-electron chi connectivity index (χ1n) is 8.50. The van der Waals surface area contributed by atoms with Crippen LogP contribution in [-0.2, 0) is 13.0 Å². The molecule has 1 aliphatic rings. The summed E-state index contributed by atoms with van der Waals surface area (Å²) in [6.07, 6.45) is 2.25. The molecule has 1 aromatic carbocycles. The maximum absolute atomic E-state index is 12.2. The van der Waals surface area contributed by atoms with E-state index < -0.39 is 0 Å². The number of aromatic nitrogens is 3. The molecule has 27 heavy (non-hydrogen) atoms. The van der Waals surface area contributed by atoms with Crippen molar-refractivity contribution < 1.29 is 18.7 Å². The Morgan fingerprint density at radius 1 is 1.41 bits per heavy atom. The second kappa shape index (κ2) is 7.40. The summed E-state index contributed by atoms with van der Waals surface area (Å²) >= 11 is 0. The lowest BCUT2D eigenvalue weighted by Gasteiger charge is -2.26. The van der Waals surface area contributed by atoms with Crippen molar-refractivity contribution in [2.24, 2.45) is 0 Å². The average Bonchev–Trinajstić information content (AvgIpc) is 3.37. The number of rotatable bonds is 5. The van der Waals surface area contributed by atoms with Crippen LogP contribution >= 0.6 is 0 Å². The Morgan fingerprint density at radius 3 is 3.15 bits per heavy atom. The molecule has 2 aromatic heterocycles. The van der Waals surface area contributed by atoms with Crippen molar-refractivity contribution in [2.45, 2.75) is 19.0 Å². The van der Waals surface area contributed by atoms with Crippen molar-refractivity contribution in [3.63, 3.8) is 0 Å². The molecule has 0 saturated carbocycles. The summed E-state index contributed by atoms with van der Waals surface area (Å²) < 4.78 is 16.2. The van der Waals surface area contributed by atoms with E-state index in [9.17, 15) is 4.79 Å². The van der Waals surface area contributed by atoms with E-state index in [0.717, 1.165) is 17.1 Å². The fourth-order valence-corrected chi connectivity index (χ4v) is 2.86. The first-order valence-corrected chi connectivity index (χ1v) is 8.50. The lowest BCUT2D eigenvalue weighted by atomic mass is 10.0. The third-order valence-electron chi connectivity index (χ3n) is 4.21. The molecule has 140 valence electrons. The fourth-order valence-electron chi connectivity index (χ4n) is 2.86. The largest absolute Gasteiger partial charge is 0.497 e. The van der Waals surface area contributed by atoms with Gasteiger partial charge in [0.2, 0.25) is 5.82 Å². The van der Waals surface area contributed by atoms with Gasteiger partial charge >= 0.3 is 6.03 Å². The minimum Gasteiger partial charge on any atom is -0.497 e. The topological polar surface area (TPSA) is 114 Å². The quantitative estimate of drug-likeness (QED) is 0.633. The maximum Gasteiger partial charge on any atom is 0.315 e. The summed E-state index contributed by atoms with van der Waals surface area (Å²) in [5.41, 5.74) is 1.03. The Kier molecular flexibility index (Phi) is 4.65. The Bertz CT molecular complexity index is 922. The molecule has 3 N–H and O–H groups in total. The molecule has 0 saturated heterocycles. The van der Waals surface area contributed by atoms with Gasteiger partial charge in [0.05, 0.1) is 26.0 Å². The number of H-pyrrole nitrogens is 1. The van der Waals surface area contributed by atoms with Gasteiger partial charge in [0.15, 0.2) is 5.76 Å². The molecule has 9 heteroatoms. The predicted molar refractivity (Wildman–Crippen MR) is 95.4 cm³/mol. The second-order valence-corrected chi connectivity index (χ2v) is 6.10. The highest BCUT2D eigenvalue weighted by molar-refractivity contribution is 5.74. The molecule has 1 unspecified atom stereocenters. The van der Waals surface area contributed by atoms with Crippen LogP contribution in [0.1, 0.15) is 11.4 Å². The molecular formula is C18H19N5O4. The first kappa shape index (κ1) is 17.0. The zero-order valence-corrected chi connectivity index (χ0v) is 14.7. The van der Waals surface area contributed by atoms with Crippen LogP contribution in [0.25, 0.3) is 11.6 Å². The van der Waals surface area contributed by atoms with Crippen LogP contribution in [0.3, 0.4) is 0 Å². The number of nitrogens with one attached hydrogen (secondary N) is 3. The number of hydrogen-bond donors (Lipinski definition) is 3. The van der Waals surface area contributed by atoms with Gasteiger partial charge in [0, 0.05) is 6.07 Å². The van der Waals surface area contributed by atoms with Crippen molar-refractivity contribution in [3.8, 4) is 23.1 Å². The third kappa shape index (κ3) is 3.86. The highest BCUT2D eigenvalue weighted by Crippen LogP contribution is 2.29. The van der Waals surface area contributed by atoms with Crippen LogP contribution < -0.4 is 20.1 Å². The number of fused-ring (bicyclic) bond motifs is 1. The van der Waals surface area contributed by atoms with E-state index >= 15 is 0 Å². The van der Waals surface area contributed by atoms with Gasteiger partial charge in [0.25, 0.3) is 0 Å². The number of carbonyl (C=O) groups excluding carboxylic acids is 1. The van der Waals surface area contributed by atoms with Crippen molar-refractivity contribution in [1.29, 1.82) is 0 Å². The van der Waals surface area contributed by atoms with Crippen LogP contribution in [0, 0.1) is 0 Å². The minimum absolute atomic E-state index is 0.112. The predicted octanol–water partition coefficient (Wildman–Crippen LogP) is 1.88. The van der Waals surface area contributed by atoms with Crippen LogP contribution in [-0.4, -0.2) is 41.0 Å². The molecule has 3 aromatic rings. The van der Waals surface area contributed by atoms with Gasteiger partial charge in [-0.25, -0.2) is 9.78 Å². The summed E-state index contributed by atoms with van der Waals surface area (Å²) in [5, 5.41) is 12.5. The molecule has 9 nitrogen and oxygen atoms in total. The van der Waals surface area contributed by atoms with Gasteiger partial charge in [-0.05, 0) is 30.2 Å². The number of furan rings is 1. The monoisotopic (exact) mass is 369 g/mol. The molecule has 3 heterocycles. The number of ether oxygens (including phenoxy) is 2. The average molecular weight is 369 g/mol. The fraction of sp³-hybridized carbons (Fsp3) is 0.278. The lowest BCUT2D eigenvalue weighted by Crippen LogP contribution is -2.47. The molecular weight excluding hydrogens is 350 g/mol. The Balaban J connectivity index is 1.28. The van der Waals surface area contributed by atoms with E-state index in [-0.39, 0.29) is 18.6 Å². The second-order valence-electron chi connectivity index (χ2n) is 6.10. The number of hydrogen-bond acceptors (Lipinski definition) is 6. The van der Waals surface area contributed by atoms with Gasteiger partial charge in [-0.1, -0.05) is 6.07 Å². The third-order valence-corrected chi connectivity index (χ3v) is 4.21. The van der Waals surface area contributed by atoms with Gasteiger partial charge in [-0.3, -0.25) is 5.10 Å². The van der Waals surface area contributed by atoms with Gasteiger partial charge < -0.3 is 24.5 Å². The smallest absolute Gasteiger partial charge is 0.315 e. The Hall–Kier alpha value is -3.49. The van der Waals surface area contributed by atoms with E-state index in [1.54, 1.807) is 25.5 Å². The van der Waals surface area contributed by atoms with Crippen molar-refractivity contribution in [2.75, 3.05) is 13.7 Å². The summed E-state index contributed by atoms with van der Waals surface area (Å²) in [7, 11) is 1.62. The lowest BCUT2D eigenvalue weighted by molar-refractivity contribution is 0.213. The van der Waals surface area contributed by atoms with Gasteiger partial charge in [-0.2, -0.15) is 0 Å². The van der Waals surface area contributed by atoms with E-state index in [1.807, 2.05) is 18.2 Å². The van der Waals surface area contributed by atoms with E-state index in [4.69, 9.17) is 13.9 Å². The zero-order valence-electron chi connectivity index (χ0n) is 14.7. The molecule has 0 radical (unpaired) electrons. The number of aromatic amines is 1. The minimum atomic E-state index is -0.295. The number of amides is 2. The molecule has 0 spiro atoms. The van der Waals surface area contributed by atoms with Crippen LogP contribution in [0.4, 0.5) is 4.79 Å². The number of carbonyl (C=O) groups is 1. The molecule has 4 rings (SSSR count). The van der Waals surface area contributed by atoms with Crippen molar-refractivity contribution in [1.82, 2.24) is 25.8 Å². The number of methoxy groups -OCH3 is 1. The van der Waals surface area contributed by atoms with Gasteiger partial charge in [0.1, 0.15) is 23.9 Å². The summed E-state index contributed by atoms with van der Waals surface area (Å²) in [6.45, 7) is 0.624. The van der Waals surface area contributed by atoms with Crippen LogP contribution in [0.15, 0.2) is 41.0 Å². The number of urea groups is 1. The standard InChI is InChI=1S/C18H19N5O4/c1-25-13-5-4-11-7-12(10-27-15(11)8-13)20-18(24)19-9-16-21-17(23-22-16)14-3-2-6-26-14/h2-6,8,12H,7,9-10H2,1H3,(H2,19,20,24)(H,21,22,23). The molecule has 0 aliphatic carbocycles. The maximum atomic E-state index is 12.2. The van der Waals surface area contributed by atoms with Crippen LogP contribution in [0.2, 0.25) is 0 Å². The Labute approximate surface area is 155 Å². The normalized spacial score (nSPS) is 15.5. The molecule has 0 bridgehead atoms. The first-order chi connectivity index (χ1) is 13.2. The molecule has 0 fully saturated rings. The highest BCUT2D eigenvalue weighted by atomic mass is 16.5. The highest BCUT2D eigenvalue weighted by Gasteiger charge is 2.22. The molecule has 2 amide bonds.